The standard InChI is InChI=1S/C10H11ClN4O2/c1-6-9(16)13-2-3-15(6)10(17)7-4-12-5-8(11)14-7/h4-6H,2-3H2,1H3,(H,13,16). The van der Waals surface area contributed by atoms with Gasteiger partial charge in [-0.3, -0.25) is 14.6 Å². The molecular formula is C10H11ClN4O2. The lowest BCUT2D eigenvalue weighted by atomic mass is 10.2. The first-order valence-corrected chi connectivity index (χ1v) is 5.53. The molecule has 1 N–H and O–H groups in total. The maximum absolute atomic E-state index is 12.1. The molecule has 0 saturated carbocycles. The fraction of sp³-hybridized carbons (Fsp3) is 0.400. The maximum Gasteiger partial charge on any atom is 0.274 e. The molecule has 2 heterocycles. The van der Waals surface area contributed by atoms with Crippen LogP contribution in [0.3, 0.4) is 0 Å². The number of carbonyl (C=O) groups excluding carboxylic acids is 2. The third-order valence-corrected chi connectivity index (χ3v) is 2.77. The van der Waals surface area contributed by atoms with Gasteiger partial charge in [-0.25, -0.2) is 4.98 Å². The Morgan fingerprint density at radius 1 is 1.59 bits per heavy atom. The first kappa shape index (κ1) is 11.8. The Balaban J connectivity index is 2.22. The van der Waals surface area contributed by atoms with Crippen molar-refractivity contribution >= 4 is 23.4 Å². The second kappa shape index (κ2) is 4.67. The van der Waals surface area contributed by atoms with Gasteiger partial charge in [0.05, 0.1) is 12.4 Å². The number of hydrogen-bond acceptors (Lipinski definition) is 4. The molecule has 1 aromatic rings. The number of carbonyl (C=O) groups is 2. The summed E-state index contributed by atoms with van der Waals surface area (Å²) in [4.78, 5) is 32.7. The first-order chi connectivity index (χ1) is 8.09. The van der Waals surface area contributed by atoms with Gasteiger partial charge in [-0.1, -0.05) is 11.6 Å². The van der Waals surface area contributed by atoms with Gasteiger partial charge in [0, 0.05) is 13.1 Å². The molecule has 1 aromatic heterocycles. The van der Waals surface area contributed by atoms with E-state index >= 15 is 0 Å². The third-order valence-electron chi connectivity index (χ3n) is 2.58. The monoisotopic (exact) mass is 254 g/mol. The van der Waals surface area contributed by atoms with Crippen molar-refractivity contribution < 1.29 is 9.59 Å². The van der Waals surface area contributed by atoms with Gasteiger partial charge in [-0.2, -0.15) is 0 Å². The van der Waals surface area contributed by atoms with Crippen molar-refractivity contribution in [2.75, 3.05) is 13.1 Å². The van der Waals surface area contributed by atoms with Gasteiger partial charge in [-0.15, -0.1) is 0 Å². The van der Waals surface area contributed by atoms with Crippen molar-refractivity contribution in [1.82, 2.24) is 20.2 Å². The number of nitrogens with one attached hydrogen (secondary N) is 1. The van der Waals surface area contributed by atoms with E-state index in [2.05, 4.69) is 15.3 Å². The molecule has 0 aromatic carbocycles. The fourth-order valence-corrected chi connectivity index (χ4v) is 1.80. The van der Waals surface area contributed by atoms with Crippen LogP contribution < -0.4 is 5.32 Å². The van der Waals surface area contributed by atoms with Gasteiger partial charge in [0.2, 0.25) is 5.91 Å². The molecule has 0 spiro atoms. The van der Waals surface area contributed by atoms with Crippen LogP contribution in [0.1, 0.15) is 17.4 Å². The summed E-state index contributed by atoms with van der Waals surface area (Å²) in [6.07, 6.45) is 2.69. The molecule has 1 aliphatic heterocycles. The van der Waals surface area contributed by atoms with Crippen LogP contribution in [0, 0.1) is 0 Å². The molecule has 0 radical (unpaired) electrons. The topological polar surface area (TPSA) is 75.2 Å². The van der Waals surface area contributed by atoms with Crippen LogP contribution >= 0.6 is 11.6 Å². The molecule has 17 heavy (non-hydrogen) atoms. The lowest BCUT2D eigenvalue weighted by Gasteiger charge is -2.32. The Morgan fingerprint density at radius 3 is 3.06 bits per heavy atom. The van der Waals surface area contributed by atoms with Crippen molar-refractivity contribution in [2.24, 2.45) is 0 Å². The van der Waals surface area contributed by atoms with Crippen LogP contribution in [0.2, 0.25) is 5.15 Å². The highest BCUT2D eigenvalue weighted by Crippen LogP contribution is 2.10. The number of piperazine rings is 1. The minimum atomic E-state index is -0.503. The van der Waals surface area contributed by atoms with Gasteiger partial charge >= 0.3 is 0 Å². The van der Waals surface area contributed by atoms with Gasteiger partial charge in [0.15, 0.2) is 0 Å². The summed E-state index contributed by atoms with van der Waals surface area (Å²) < 4.78 is 0. The number of halogens is 1. The van der Waals surface area contributed by atoms with E-state index in [-0.39, 0.29) is 22.7 Å². The second-order valence-corrected chi connectivity index (χ2v) is 4.08. The quantitative estimate of drug-likeness (QED) is 0.771. The molecule has 0 bridgehead atoms. The number of amides is 2. The summed E-state index contributed by atoms with van der Waals surface area (Å²) in [5.41, 5.74) is 0.152. The number of nitrogens with zero attached hydrogens (tertiary/aromatic N) is 3. The van der Waals surface area contributed by atoms with E-state index in [1.807, 2.05) is 0 Å². The van der Waals surface area contributed by atoms with E-state index in [4.69, 9.17) is 11.6 Å². The molecule has 0 aliphatic carbocycles. The van der Waals surface area contributed by atoms with Crippen molar-refractivity contribution in [3.63, 3.8) is 0 Å². The van der Waals surface area contributed by atoms with Gasteiger partial charge < -0.3 is 10.2 Å². The predicted molar refractivity (Wildman–Crippen MR) is 60.6 cm³/mol. The van der Waals surface area contributed by atoms with Crippen molar-refractivity contribution in [3.8, 4) is 0 Å². The number of rotatable bonds is 1. The minimum absolute atomic E-state index is 0.152. The van der Waals surface area contributed by atoms with E-state index in [0.717, 1.165) is 0 Å². The number of aromatic nitrogens is 2. The largest absolute Gasteiger partial charge is 0.353 e. The molecule has 6 nitrogen and oxygen atoms in total. The van der Waals surface area contributed by atoms with Crippen LogP contribution in [-0.4, -0.2) is 45.8 Å². The third kappa shape index (κ3) is 2.36. The highest BCUT2D eigenvalue weighted by Gasteiger charge is 2.30. The van der Waals surface area contributed by atoms with Crippen molar-refractivity contribution in [3.05, 3.63) is 23.2 Å². The highest BCUT2D eigenvalue weighted by molar-refractivity contribution is 6.29. The summed E-state index contributed by atoms with van der Waals surface area (Å²) >= 11 is 5.67. The molecule has 1 aliphatic rings. The zero-order valence-corrected chi connectivity index (χ0v) is 9.94. The molecule has 2 rings (SSSR count). The molecule has 90 valence electrons. The predicted octanol–water partition coefficient (Wildman–Crippen LogP) is 0.0905. The van der Waals surface area contributed by atoms with Crippen molar-refractivity contribution in [2.45, 2.75) is 13.0 Å². The Labute approximate surface area is 103 Å². The summed E-state index contributed by atoms with van der Waals surface area (Å²) in [5.74, 6) is -0.498. The lowest BCUT2D eigenvalue weighted by molar-refractivity contribution is -0.127. The average Bonchev–Trinajstić information content (AvgIpc) is 2.32. The Morgan fingerprint density at radius 2 is 2.35 bits per heavy atom. The zero-order valence-electron chi connectivity index (χ0n) is 9.18. The van der Waals surface area contributed by atoms with Crippen molar-refractivity contribution in [1.29, 1.82) is 0 Å². The van der Waals surface area contributed by atoms with E-state index < -0.39 is 6.04 Å². The summed E-state index contributed by atoms with van der Waals surface area (Å²) in [5, 5.41) is 2.84. The maximum atomic E-state index is 12.1. The summed E-state index contributed by atoms with van der Waals surface area (Å²) in [7, 11) is 0. The summed E-state index contributed by atoms with van der Waals surface area (Å²) in [6.45, 7) is 2.58. The Bertz CT molecular complexity index is 465. The van der Waals surface area contributed by atoms with Crippen LogP contribution in [-0.2, 0) is 4.79 Å². The van der Waals surface area contributed by atoms with Gasteiger partial charge in [0.1, 0.15) is 16.9 Å². The van der Waals surface area contributed by atoms with Crippen LogP contribution in [0.4, 0.5) is 0 Å². The van der Waals surface area contributed by atoms with Gasteiger partial charge in [0.25, 0.3) is 5.91 Å². The Hall–Kier alpha value is -1.69. The molecule has 1 unspecified atom stereocenters. The smallest absolute Gasteiger partial charge is 0.274 e. The highest BCUT2D eigenvalue weighted by atomic mass is 35.5. The van der Waals surface area contributed by atoms with E-state index in [0.29, 0.717) is 13.1 Å². The molecular weight excluding hydrogens is 244 g/mol. The second-order valence-electron chi connectivity index (χ2n) is 3.69. The molecule has 7 heteroatoms. The zero-order chi connectivity index (χ0) is 12.4. The van der Waals surface area contributed by atoms with Crippen LogP contribution in [0.25, 0.3) is 0 Å². The minimum Gasteiger partial charge on any atom is -0.353 e. The molecule has 2 amide bonds. The van der Waals surface area contributed by atoms with E-state index in [1.54, 1.807) is 6.92 Å². The van der Waals surface area contributed by atoms with Crippen LogP contribution in [0.5, 0.6) is 0 Å². The molecule has 1 saturated heterocycles. The first-order valence-electron chi connectivity index (χ1n) is 5.16. The SMILES string of the molecule is CC1C(=O)NCCN1C(=O)c1cncc(Cl)n1. The average molecular weight is 255 g/mol. The fourth-order valence-electron chi connectivity index (χ4n) is 1.65. The van der Waals surface area contributed by atoms with E-state index in [1.165, 1.54) is 17.3 Å². The van der Waals surface area contributed by atoms with Gasteiger partial charge in [-0.05, 0) is 6.92 Å². The Kier molecular flexibility index (Phi) is 3.23. The normalized spacial score (nSPS) is 20.0. The van der Waals surface area contributed by atoms with E-state index in [9.17, 15) is 9.59 Å². The number of hydrogen-bond donors (Lipinski definition) is 1. The molecule has 1 atom stereocenters. The molecule has 1 fully saturated rings. The van der Waals surface area contributed by atoms with Crippen LogP contribution in [0.15, 0.2) is 12.4 Å². The summed E-state index contributed by atoms with van der Waals surface area (Å²) in [6, 6.07) is -0.503. The lowest BCUT2D eigenvalue weighted by Crippen LogP contribution is -2.56.